The lowest BCUT2D eigenvalue weighted by atomic mass is 9.73. The maximum Gasteiger partial charge on any atom is 0.340 e. The first-order valence-corrected chi connectivity index (χ1v) is 10.2. The molecule has 0 radical (unpaired) electrons. The van der Waals surface area contributed by atoms with Gasteiger partial charge in [0.05, 0.1) is 18.1 Å². The second-order valence-corrected chi connectivity index (χ2v) is 9.02. The number of ether oxygens (including phenoxy) is 1. The van der Waals surface area contributed by atoms with Crippen LogP contribution in [0.15, 0.2) is 64.3 Å². The molecule has 2 aromatic carbocycles. The highest BCUT2D eigenvalue weighted by Gasteiger charge is 2.53. The molecule has 1 aliphatic rings. The standard InChI is InChI=1S/C23H24ClN3O4/c1-22(2,3)20-19(13-15-5-9-17(24)10-6-15)23(26-25-20,21(28)31-4)14-16-7-11-18(12-8-16)27(29)30/h5-13,20H,14H2,1-4H3/b19-13-/t20-,23+/m1/s1. The third-order valence-electron chi connectivity index (χ3n) is 5.26. The lowest BCUT2D eigenvalue weighted by Gasteiger charge is -2.31. The van der Waals surface area contributed by atoms with Gasteiger partial charge in [-0.25, -0.2) is 4.79 Å². The summed E-state index contributed by atoms with van der Waals surface area (Å²) in [6, 6.07) is 13.0. The van der Waals surface area contributed by atoms with E-state index in [9.17, 15) is 14.9 Å². The average molecular weight is 442 g/mol. The number of esters is 1. The summed E-state index contributed by atoms with van der Waals surface area (Å²) in [5.41, 5.74) is 0.612. The van der Waals surface area contributed by atoms with Crippen molar-refractivity contribution in [2.75, 3.05) is 7.11 Å². The molecular formula is C23H24ClN3O4. The Morgan fingerprint density at radius 2 is 1.81 bits per heavy atom. The van der Waals surface area contributed by atoms with Crippen LogP contribution in [0.3, 0.4) is 0 Å². The summed E-state index contributed by atoms with van der Waals surface area (Å²) in [6.07, 6.45) is 2.09. The number of carbonyl (C=O) groups is 1. The summed E-state index contributed by atoms with van der Waals surface area (Å²) in [4.78, 5) is 23.6. The minimum absolute atomic E-state index is 0.0200. The van der Waals surface area contributed by atoms with Crippen LogP contribution in [0.1, 0.15) is 31.9 Å². The monoisotopic (exact) mass is 441 g/mol. The Bertz CT molecular complexity index is 1040. The fourth-order valence-corrected chi connectivity index (χ4v) is 3.77. The molecular weight excluding hydrogens is 418 g/mol. The van der Waals surface area contributed by atoms with Crippen molar-refractivity contribution in [3.05, 3.63) is 80.4 Å². The maximum atomic E-state index is 13.1. The Kier molecular flexibility index (Phi) is 6.27. The van der Waals surface area contributed by atoms with Crippen molar-refractivity contribution in [3.63, 3.8) is 0 Å². The number of methoxy groups -OCH3 is 1. The van der Waals surface area contributed by atoms with E-state index >= 15 is 0 Å². The van der Waals surface area contributed by atoms with E-state index < -0.39 is 16.4 Å². The normalized spacial score (nSPS) is 22.0. The molecule has 0 saturated heterocycles. The van der Waals surface area contributed by atoms with Crippen LogP contribution in [0.2, 0.25) is 5.02 Å². The van der Waals surface area contributed by atoms with E-state index in [2.05, 4.69) is 10.2 Å². The number of hydrogen-bond donors (Lipinski definition) is 0. The van der Waals surface area contributed by atoms with Crippen molar-refractivity contribution in [3.8, 4) is 0 Å². The molecule has 2 atom stereocenters. The number of azo groups is 1. The van der Waals surface area contributed by atoms with Crippen LogP contribution in [0.25, 0.3) is 6.08 Å². The quantitative estimate of drug-likeness (QED) is 0.339. The number of rotatable bonds is 5. The van der Waals surface area contributed by atoms with E-state index in [4.69, 9.17) is 16.3 Å². The first-order valence-electron chi connectivity index (χ1n) is 9.78. The van der Waals surface area contributed by atoms with Crippen molar-refractivity contribution in [1.29, 1.82) is 0 Å². The molecule has 162 valence electrons. The summed E-state index contributed by atoms with van der Waals surface area (Å²) in [7, 11) is 1.32. The van der Waals surface area contributed by atoms with Gasteiger partial charge in [0.25, 0.3) is 5.69 Å². The Morgan fingerprint density at radius 3 is 2.32 bits per heavy atom. The van der Waals surface area contributed by atoms with Crippen LogP contribution >= 0.6 is 11.6 Å². The highest BCUT2D eigenvalue weighted by atomic mass is 35.5. The zero-order valence-corrected chi connectivity index (χ0v) is 18.6. The molecule has 0 aliphatic carbocycles. The number of benzene rings is 2. The van der Waals surface area contributed by atoms with Gasteiger partial charge in [0.1, 0.15) is 0 Å². The third-order valence-corrected chi connectivity index (χ3v) is 5.51. The SMILES string of the molecule is COC(=O)[C@@]1(Cc2ccc([N+](=O)[O-])cc2)N=N[C@@H](C(C)(C)C)/C1=C/c1ccc(Cl)cc1. The number of halogens is 1. The van der Waals surface area contributed by atoms with Gasteiger partial charge in [-0.1, -0.05) is 62.7 Å². The molecule has 31 heavy (non-hydrogen) atoms. The highest BCUT2D eigenvalue weighted by molar-refractivity contribution is 6.30. The molecule has 7 nitrogen and oxygen atoms in total. The summed E-state index contributed by atoms with van der Waals surface area (Å²) < 4.78 is 5.16. The fourth-order valence-electron chi connectivity index (χ4n) is 3.65. The number of hydrogen-bond acceptors (Lipinski definition) is 6. The lowest BCUT2D eigenvalue weighted by Crippen LogP contribution is -2.43. The van der Waals surface area contributed by atoms with Crippen LogP contribution in [-0.4, -0.2) is 29.6 Å². The summed E-state index contributed by atoms with van der Waals surface area (Å²) in [6.45, 7) is 6.10. The third kappa shape index (κ3) is 4.66. The molecule has 1 aliphatic heterocycles. The van der Waals surface area contributed by atoms with Crippen molar-refractivity contribution >= 4 is 29.3 Å². The average Bonchev–Trinajstić information content (AvgIpc) is 3.08. The number of nitro benzene ring substituents is 1. The van der Waals surface area contributed by atoms with E-state index in [0.29, 0.717) is 16.2 Å². The van der Waals surface area contributed by atoms with Crippen LogP contribution in [-0.2, 0) is 16.0 Å². The molecule has 0 saturated carbocycles. The largest absolute Gasteiger partial charge is 0.467 e. The van der Waals surface area contributed by atoms with Gasteiger partial charge < -0.3 is 4.74 Å². The van der Waals surface area contributed by atoms with Crippen molar-refractivity contribution < 1.29 is 14.5 Å². The summed E-state index contributed by atoms with van der Waals surface area (Å²) in [5.74, 6) is -0.526. The zero-order chi connectivity index (χ0) is 22.8. The van der Waals surface area contributed by atoms with Crippen LogP contribution in [0.5, 0.6) is 0 Å². The molecule has 0 unspecified atom stereocenters. The van der Waals surface area contributed by atoms with Crippen LogP contribution in [0, 0.1) is 15.5 Å². The van der Waals surface area contributed by atoms with Gasteiger partial charge in [-0.2, -0.15) is 10.2 Å². The Balaban J connectivity index is 2.13. The molecule has 0 fully saturated rings. The Hall–Kier alpha value is -3.06. The first-order chi connectivity index (χ1) is 14.6. The van der Waals surface area contributed by atoms with Gasteiger partial charge in [0, 0.05) is 23.6 Å². The van der Waals surface area contributed by atoms with E-state index in [0.717, 1.165) is 5.56 Å². The van der Waals surface area contributed by atoms with Gasteiger partial charge in [-0.3, -0.25) is 10.1 Å². The number of nitrogens with zero attached hydrogens (tertiary/aromatic N) is 3. The highest BCUT2D eigenvalue weighted by Crippen LogP contribution is 2.45. The fraction of sp³-hybridized carbons (Fsp3) is 0.348. The molecule has 0 bridgehead atoms. The second-order valence-electron chi connectivity index (χ2n) is 8.59. The maximum absolute atomic E-state index is 13.1. The van der Waals surface area contributed by atoms with Gasteiger partial charge in [0.2, 0.25) is 5.54 Å². The summed E-state index contributed by atoms with van der Waals surface area (Å²) in [5, 5.41) is 20.5. The molecule has 1 heterocycles. The van der Waals surface area contributed by atoms with Crippen molar-refractivity contribution in [2.24, 2.45) is 15.6 Å². The number of non-ortho nitro benzene ring substituents is 1. The van der Waals surface area contributed by atoms with E-state index in [1.54, 1.807) is 24.3 Å². The number of carbonyl (C=O) groups excluding carboxylic acids is 1. The van der Waals surface area contributed by atoms with Gasteiger partial charge in [-0.15, -0.1) is 0 Å². The topological polar surface area (TPSA) is 94.2 Å². The second kappa shape index (κ2) is 8.59. The minimum atomic E-state index is -1.36. The van der Waals surface area contributed by atoms with Crippen LogP contribution < -0.4 is 0 Å². The molecule has 0 N–H and O–H groups in total. The Morgan fingerprint density at radius 1 is 1.19 bits per heavy atom. The van der Waals surface area contributed by atoms with E-state index in [-0.39, 0.29) is 23.6 Å². The Labute approximate surface area is 185 Å². The summed E-state index contributed by atoms with van der Waals surface area (Å²) >= 11 is 6.02. The van der Waals surface area contributed by atoms with Crippen molar-refractivity contribution in [1.82, 2.24) is 0 Å². The zero-order valence-electron chi connectivity index (χ0n) is 17.8. The van der Waals surface area contributed by atoms with Crippen molar-refractivity contribution in [2.45, 2.75) is 38.8 Å². The minimum Gasteiger partial charge on any atom is -0.467 e. The first kappa shape index (κ1) is 22.6. The predicted octanol–water partition coefficient (Wildman–Crippen LogP) is 5.67. The van der Waals surface area contributed by atoms with Gasteiger partial charge in [0.15, 0.2) is 0 Å². The molecule has 0 amide bonds. The molecule has 0 aromatic heterocycles. The van der Waals surface area contributed by atoms with E-state index in [1.165, 1.54) is 19.2 Å². The molecule has 2 aromatic rings. The van der Waals surface area contributed by atoms with Gasteiger partial charge >= 0.3 is 5.97 Å². The smallest absolute Gasteiger partial charge is 0.340 e. The molecule has 8 heteroatoms. The molecule has 0 spiro atoms. The van der Waals surface area contributed by atoms with Gasteiger partial charge in [-0.05, 0) is 34.2 Å². The van der Waals surface area contributed by atoms with Crippen LogP contribution in [0.4, 0.5) is 5.69 Å². The number of nitro groups is 1. The predicted molar refractivity (Wildman–Crippen MR) is 119 cm³/mol. The molecule has 3 rings (SSSR count). The lowest BCUT2D eigenvalue weighted by molar-refractivity contribution is -0.384. The van der Waals surface area contributed by atoms with E-state index in [1.807, 2.05) is 39.0 Å².